The van der Waals surface area contributed by atoms with Crippen LogP contribution < -0.4 is 4.98 Å². The summed E-state index contributed by atoms with van der Waals surface area (Å²) in [5.41, 5.74) is 0. The van der Waals surface area contributed by atoms with Gasteiger partial charge in [-0.2, -0.15) is 0 Å². The highest BCUT2D eigenvalue weighted by Crippen LogP contribution is 2.36. The largest absolute Gasteiger partial charge is 0.330 e. The molecule has 0 atom stereocenters. The first-order valence-corrected chi connectivity index (χ1v) is 7.83. The maximum Gasteiger partial charge on any atom is 0.125 e. The van der Waals surface area contributed by atoms with E-state index in [1.165, 1.54) is 6.04 Å². The predicted octanol–water partition coefficient (Wildman–Crippen LogP) is 2.94. The van der Waals surface area contributed by atoms with Crippen molar-refractivity contribution in [3.63, 3.8) is 0 Å². The van der Waals surface area contributed by atoms with E-state index in [2.05, 4.69) is 64.5 Å². The third kappa shape index (κ3) is 2.81. The molecule has 1 rings (SSSR count). The van der Waals surface area contributed by atoms with Crippen molar-refractivity contribution in [2.75, 3.05) is 0 Å². The van der Waals surface area contributed by atoms with E-state index in [0.29, 0.717) is 5.04 Å². The van der Waals surface area contributed by atoms with Crippen LogP contribution in [0.5, 0.6) is 0 Å². The monoisotopic (exact) mass is 194 g/mol. The van der Waals surface area contributed by atoms with E-state index in [0.717, 1.165) is 0 Å². The molecule has 0 aromatic heterocycles. The van der Waals surface area contributed by atoms with Crippen LogP contribution in [0, 0.1) is 31.7 Å². The number of rotatable bonds is 2. The van der Waals surface area contributed by atoms with Gasteiger partial charge in [0.2, 0.25) is 0 Å². The van der Waals surface area contributed by atoms with E-state index in [-0.39, 0.29) is 0 Å². The molecule has 0 spiro atoms. The summed E-state index contributed by atoms with van der Waals surface area (Å²) in [6.45, 7) is 11.7. The lowest BCUT2D eigenvalue weighted by molar-refractivity contribution is 0.694. The van der Waals surface area contributed by atoms with Crippen LogP contribution in [0.1, 0.15) is 20.8 Å². The predicted molar refractivity (Wildman–Crippen MR) is 60.8 cm³/mol. The summed E-state index contributed by atoms with van der Waals surface area (Å²) < 4.78 is 0. The zero-order valence-corrected chi connectivity index (χ0v) is 10.3. The maximum atomic E-state index is 3.68. The molecule has 0 aromatic rings. The molecule has 1 saturated carbocycles. The van der Waals surface area contributed by atoms with Gasteiger partial charge < -0.3 is 4.98 Å². The second-order valence-corrected chi connectivity index (χ2v) is 10.2. The van der Waals surface area contributed by atoms with Crippen molar-refractivity contribution in [3.05, 3.63) is 31.7 Å². The molecule has 73 valence electrons. The fraction of sp³-hybridized carbons (Fsp3) is 0.545. The molecule has 1 nitrogen and oxygen atoms in total. The average Bonchev–Trinajstić information content (AvgIpc) is 2.35. The first-order chi connectivity index (χ1) is 5.83. The Morgan fingerprint density at radius 2 is 1.54 bits per heavy atom. The molecule has 1 aliphatic carbocycles. The van der Waals surface area contributed by atoms with E-state index in [1.54, 1.807) is 0 Å². The van der Waals surface area contributed by atoms with E-state index in [1.807, 2.05) is 0 Å². The Balaban J connectivity index is 2.50. The van der Waals surface area contributed by atoms with Gasteiger partial charge in [-0.25, -0.2) is 0 Å². The summed E-state index contributed by atoms with van der Waals surface area (Å²) >= 11 is 0. The standard InChI is InChI=1S/C11H20NSi/c1-11(2,3)13(4,5)12-10-8-6-7-9-10/h6-9,12H,1-5H3. The van der Waals surface area contributed by atoms with Crippen LogP contribution in [0.25, 0.3) is 0 Å². The molecule has 1 aliphatic rings. The molecular formula is C11H20NSi. The van der Waals surface area contributed by atoms with Crippen LogP contribution in [0.2, 0.25) is 18.1 Å². The summed E-state index contributed by atoms with van der Waals surface area (Å²) in [5, 5.41) is 0.393. The van der Waals surface area contributed by atoms with Crippen molar-refractivity contribution < 1.29 is 0 Å². The second-order valence-electron chi connectivity index (χ2n) is 5.17. The highest BCUT2D eigenvalue weighted by molar-refractivity contribution is 6.78. The number of hydrogen-bond donors (Lipinski definition) is 1. The van der Waals surface area contributed by atoms with E-state index < -0.39 is 8.24 Å². The minimum absolute atomic E-state index is 0.393. The highest BCUT2D eigenvalue weighted by atomic mass is 28.3. The minimum Gasteiger partial charge on any atom is -0.330 e. The molecule has 0 saturated heterocycles. The SMILES string of the molecule is CC(C)(C)[Si](C)(C)N[C]1[CH][CH][CH][CH]1. The molecule has 13 heavy (non-hydrogen) atoms. The number of hydrogen-bond acceptors (Lipinski definition) is 1. The van der Waals surface area contributed by atoms with Crippen LogP contribution in [0.3, 0.4) is 0 Å². The Labute approximate surface area is 84.4 Å². The first kappa shape index (κ1) is 11.3. The van der Waals surface area contributed by atoms with Crippen LogP contribution in [0.4, 0.5) is 0 Å². The maximum absolute atomic E-state index is 3.68. The Hall–Kier alpha value is 0.177. The second kappa shape index (κ2) is 3.74. The third-order valence-corrected chi connectivity index (χ3v) is 7.66. The summed E-state index contributed by atoms with van der Waals surface area (Å²) in [6.07, 6.45) is 8.44. The molecule has 0 amide bonds. The minimum atomic E-state index is -1.36. The number of nitrogens with one attached hydrogen (secondary N) is 1. The van der Waals surface area contributed by atoms with Crippen LogP contribution >= 0.6 is 0 Å². The molecule has 1 N–H and O–H groups in total. The van der Waals surface area contributed by atoms with Gasteiger partial charge in [-0.05, 0) is 30.7 Å². The Kier molecular flexibility index (Phi) is 3.23. The van der Waals surface area contributed by atoms with Crippen molar-refractivity contribution in [1.29, 1.82) is 0 Å². The van der Waals surface area contributed by atoms with Gasteiger partial charge in [-0.1, -0.05) is 33.9 Å². The summed E-state index contributed by atoms with van der Waals surface area (Å²) in [6, 6.07) is 1.27. The fourth-order valence-electron chi connectivity index (χ4n) is 1.01. The van der Waals surface area contributed by atoms with E-state index >= 15 is 0 Å². The van der Waals surface area contributed by atoms with Crippen molar-refractivity contribution in [1.82, 2.24) is 4.98 Å². The van der Waals surface area contributed by atoms with E-state index in [4.69, 9.17) is 0 Å². The van der Waals surface area contributed by atoms with Crippen molar-refractivity contribution in [3.8, 4) is 0 Å². The summed E-state index contributed by atoms with van der Waals surface area (Å²) in [5.74, 6) is 0. The molecule has 0 bridgehead atoms. The van der Waals surface area contributed by atoms with Crippen LogP contribution in [-0.2, 0) is 0 Å². The molecule has 0 heterocycles. The smallest absolute Gasteiger partial charge is 0.125 e. The van der Waals surface area contributed by atoms with Gasteiger partial charge in [-0.15, -0.1) is 0 Å². The molecule has 0 unspecified atom stereocenters. The van der Waals surface area contributed by atoms with Gasteiger partial charge >= 0.3 is 0 Å². The molecule has 0 aromatic carbocycles. The zero-order chi connectivity index (χ0) is 10.1. The molecule has 2 heteroatoms. The summed E-state index contributed by atoms with van der Waals surface area (Å²) in [4.78, 5) is 3.68. The van der Waals surface area contributed by atoms with Crippen molar-refractivity contribution in [2.45, 2.75) is 38.9 Å². The van der Waals surface area contributed by atoms with Gasteiger partial charge in [-0.3, -0.25) is 0 Å². The zero-order valence-electron chi connectivity index (χ0n) is 9.31. The van der Waals surface area contributed by atoms with Crippen LogP contribution in [-0.4, -0.2) is 8.24 Å². The molecular weight excluding hydrogens is 174 g/mol. The van der Waals surface area contributed by atoms with E-state index in [9.17, 15) is 0 Å². The van der Waals surface area contributed by atoms with Crippen LogP contribution in [0.15, 0.2) is 0 Å². The lowest BCUT2D eigenvalue weighted by Gasteiger charge is -2.39. The Morgan fingerprint density at radius 3 is 1.92 bits per heavy atom. The third-order valence-electron chi connectivity index (χ3n) is 2.99. The lowest BCUT2D eigenvalue weighted by Crippen LogP contribution is -2.53. The lowest BCUT2D eigenvalue weighted by atomic mass is 10.2. The van der Waals surface area contributed by atoms with Gasteiger partial charge in [0.15, 0.2) is 0 Å². The van der Waals surface area contributed by atoms with Gasteiger partial charge in [0.05, 0.1) is 0 Å². The molecule has 5 radical (unpaired) electrons. The topological polar surface area (TPSA) is 12.0 Å². The highest BCUT2D eigenvalue weighted by Gasteiger charge is 2.37. The molecule has 0 aliphatic heterocycles. The average molecular weight is 194 g/mol. The van der Waals surface area contributed by atoms with Crippen molar-refractivity contribution >= 4 is 8.24 Å². The first-order valence-electron chi connectivity index (χ1n) is 4.83. The fourth-order valence-corrected chi connectivity index (χ4v) is 2.27. The van der Waals surface area contributed by atoms with Crippen molar-refractivity contribution in [2.24, 2.45) is 0 Å². The normalized spacial score (nSPS) is 21.0. The summed E-state index contributed by atoms with van der Waals surface area (Å²) in [7, 11) is -1.36. The van der Waals surface area contributed by atoms with Gasteiger partial charge in [0.25, 0.3) is 0 Å². The van der Waals surface area contributed by atoms with Gasteiger partial charge in [0, 0.05) is 6.04 Å². The Bertz CT molecular complexity index is 163. The molecule has 1 fully saturated rings. The quantitative estimate of drug-likeness (QED) is 0.666. The Morgan fingerprint density at radius 1 is 1.08 bits per heavy atom. The van der Waals surface area contributed by atoms with Gasteiger partial charge in [0.1, 0.15) is 8.24 Å².